The van der Waals surface area contributed by atoms with E-state index in [1.165, 1.54) is 5.56 Å². The lowest BCUT2D eigenvalue weighted by atomic mass is 10.0. The second kappa shape index (κ2) is 5.10. The summed E-state index contributed by atoms with van der Waals surface area (Å²) in [7, 11) is 0. The zero-order valence-electron chi connectivity index (χ0n) is 11.5. The molecule has 0 saturated heterocycles. The minimum absolute atomic E-state index is 0.0273. The predicted octanol–water partition coefficient (Wildman–Crippen LogP) is 2.93. The predicted molar refractivity (Wildman–Crippen MR) is 81.1 cm³/mol. The number of fused-ring (bicyclic) bond motifs is 1. The van der Waals surface area contributed by atoms with E-state index in [4.69, 9.17) is 5.73 Å². The number of benzene rings is 2. The molecule has 1 aliphatic rings. The first-order valence-electron chi connectivity index (χ1n) is 6.91. The average Bonchev–Trinajstić information content (AvgIpc) is 2.58. The molecule has 1 aliphatic heterocycles. The van der Waals surface area contributed by atoms with Crippen LogP contribution in [0, 0.1) is 6.92 Å². The lowest BCUT2D eigenvalue weighted by Crippen LogP contribution is -2.40. The fourth-order valence-corrected chi connectivity index (χ4v) is 2.66. The number of para-hydroxylation sites is 1. The topological polar surface area (TPSA) is 46.3 Å². The summed E-state index contributed by atoms with van der Waals surface area (Å²) in [6.45, 7) is 2.04. The molecule has 102 valence electrons. The van der Waals surface area contributed by atoms with Crippen LogP contribution in [0.3, 0.4) is 0 Å². The molecule has 3 rings (SSSR count). The third-order valence-corrected chi connectivity index (χ3v) is 3.76. The number of carbonyl (C=O) groups excluding carboxylic acids is 1. The summed E-state index contributed by atoms with van der Waals surface area (Å²) >= 11 is 0. The van der Waals surface area contributed by atoms with Crippen molar-refractivity contribution in [3.8, 4) is 0 Å². The molecule has 0 radical (unpaired) electrons. The number of hydrogen-bond donors (Lipinski definition) is 1. The van der Waals surface area contributed by atoms with Crippen molar-refractivity contribution in [2.45, 2.75) is 25.8 Å². The molecule has 2 aromatic rings. The number of anilines is 2. The first kappa shape index (κ1) is 12.9. The van der Waals surface area contributed by atoms with Gasteiger partial charge < -0.3 is 5.73 Å². The third kappa shape index (κ3) is 2.21. The Morgan fingerprint density at radius 3 is 2.65 bits per heavy atom. The van der Waals surface area contributed by atoms with Gasteiger partial charge in [-0.2, -0.15) is 0 Å². The van der Waals surface area contributed by atoms with Gasteiger partial charge in [0.2, 0.25) is 5.91 Å². The third-order valence-electron chi connectivity index (χ3n) is 3.76. The zero-order chi connectivity index (χ0) is 14.1. The van der Waals surface area contributed by atoms with Gasteiger partial charge in [-0.05, 0) is 49.1 Å². The molecule has 0 aliphatic carbocycles. The molecule has 20 heavy (non-hydrogen) atoms. The summed E-state index contributed by atoms with van der Waals surface area (Å²) in [5.74, 6) is -0.0273. The molecule has 1 heterocycles. The molecular formula is C17H18N2O. The van der Waals surface area contributed by atoms with E-state index in [2.05, 4.69) is 18.2 Å². The van der Waals surface area contributed by atoms with Crippen molar-refractivity contribution in [2.75, 3.05) is 4.90 Å². The first-order valence-corrected chi connectivity index (χ1v) is 6.91. The first-order chi connectivity index (χ1) is 9.66. The van der Waals surface area contributed by atoms with Gasteiger partial charge in [-0.1, -0.05) is 30.3 Å². The van der Waals surface area contributed by atoms with E-state index >= 15 is 0 Å². The van der Waals surface area contributed by atoms with Gasteiger partial charge >= 0.3 is 0 Å². The quantitative estimate of drug-likeness (QED) is 0.862. The Balaban J connectivity index is 2.18. The molecule has 0 fully saturated rings. The SMILES string of the molecule is Cc1ccc2c(c1)N(c1ccccc1)C(=O)[C@@H](N)CC2. The number of nitrogens with two attached hydrogens (primary N) is 1. The summed E-state index contributed by atoms with van der Waals surface area (Å²) < 4.78 is 0. The highest BCUT2D eigenvalue weighted by atomic mass is 16.2. The Bertz CT molecular complexity index is 637. The molecule has 0 unspecified atom stereocenters. The van der Waals surface area contributed by atoms with E-state index in [0.29, 0.717) is 6.42 Å². The van der Waals surface area contributed by atoms with Crippen molar-refractivity contribution in [1.82, 2.24) is 0 Å². The lowest BCUT2D eigenvalue weighted by molar-refractivity contribution is -0.119. The van der Waals surface area contributed by atoms with Gasteiger partial charge in [0.15, 0.2) is 0 Å². The molecule has 1 atom stereocenters. The monoisotopic (exact) mass is 266 g/mol. The van der Waals surface area contributed by atoms with Crippen molar-refractivity contribution < 1.29 is 4.79 Å². The fraction of sp³-hybridized carbons (Fsp3) is 0.235. The smallest absolute Gasteiger partial charge is 0.248 e. The van der Waals surface area contributed by atoms with Crippen LogP contribution in [0.15, 0.2) is 48.5 Å². The number of rotatable bonds is 1. The van der Waals surface area contributed by atoms with Crippen LogP contribution in [-0.2, 0) is 11.2 Å². The van der Waals surface area contributed by atoms with Crippen LogP contribution in [-0.4, -0.2) is 11.9 Å². The van der Waals surface area contributed by atoms with Crippen molar-refractivity contribution >= 4 is 17.3 Å². The van der Waals surface area contributed by atoms with Gasteiger partial charge in [-0.3, -0.25) is 9.69 Å². The molecular weight excluding hydrogens is 248 g/mol. The number of carbonyl (C=O) groups is 1. The van der Waals surface area contributed by atoms with Crippen molar-refractivity contribution in [3.05, 3.63) is 59.7 Å². The van der Waals surface area contributed by atoms with Crippen LogP contribution in [0.4, 0.5) is 11.4 Å². The molecule has 2 N–H and O–H groups in total. The lowest BCUT2D eigenvalue weighted by Gasteiger charge is -2.25. The van der Waals surface area contributed by atoms with E-state index in [1.807, 2.05) is 37.3 Å². The largest absolute Gasteiger partial charge is 0.320 e. The summed E-state index contributed by atoms with van der Waals surface area (Å²) in [6, 6.07) is 15.5. The molecule has 3 heteroatoms. The highest BCUT2D eigenvalue weighted by Crippen LogP contribution is 2.33. The number of hydrogen-bond acceptors (Lipinski definition) is 2. The van der Waals surface area contributed by atoms with Gasteiger partial charge in [0.1, 0.15) is 0 Å². The average molecular weight is 266 g/mol. The maximum absolute atomic E-state index is 12.6. The van der Waals surface area contributed by atoms with Gasteiger partial charge in [0.25, 0.3) is 0 Å². The standard InChI is InChI=1S/C17H18N2O/c1-12-7-8-13-9-10-15(18)17(20)19(16(13)11-12)14-5-3-2-4-6-14/h2-8,11,15H,9-10,18H2,1H3/t15-/m0/s1. The van der Waals surface area contributed by atoms with E-state index in [9.17, 15) is 4.79 Å². The number of nitrogens with zero attached hydrogens (tertiary/aromatic N) is 1. The summed E-state index contributed by atoms with van der Waals surface area (Å²) in [5, 5.41) is 0. The van der Waals surface area contributed by atoms with Crippen LogP contribution < -0.4 is 10.6 Å². The minimum Gasteiger partial charge on any atom is -0.320 e. The van der Waals surface area contributed by atoms with Crippen molar-refractivity contribution in [3.63, 3.8) is 0 Å². The van der Waals surface area contributed by atoms with Crippen molar-refractivity contribution in [2.24, 2.45) is 5.73 Å². The second-order valence-corrected chi connectivity index (χ2v) is 5.29. The Hall–Kier alpha value is -2.13. The Labute approximate surface area is 119 Å². The summed E-state index contributed by atoms with van der Waals surface area (Å²) in [6.07, 6.45) is 1.53. The van der Waals surface area contributed by atoms with Gasteiger partial charge in [0.05, 0.1) is 11.7 Å². The molecule has 1 amide bonds. The fourth-order valence-electron chi connectivity index (χ4n) is 2.66. The Morgan fingerprint density at radius 1 is 1.15 bits per heavy atom. The van der Waals surface area contributed by atoms with Gasteiger partial charge in [-0.25, -0.2) is 0 Å². The van der Waals surface area contributed by atoms with E-state index in [0.717, 1.165) is 23.4 Å². The normalized spacial score (nSPS) is 18.6. The van der Waals surface area contributed by atoms with Gasteiger partial charge in [-0.15, -0.1) is 0 Å². The summed E-state index contributed by atoms with van der Waals surface area (Å²) in [4.78, 5) is 14.4. The Kier molecular flexibility index (Phi) is 3.28. The van der Waals surface area contributed by atoms with Crippen LogP contribution in [0.25, 0.3) is 0 Å². The van der Waals surface area contributed by atoms with Crippen LogP contribution in [0.1, 0.15) is 17.5 Å². The molecule has 2 aromatic carbocycles. The molecule has 0 spiro atoms. The van der Waals surface area contributed by atoms with Crippen molar-refractivity contribution in [1.29, 1.82) is 0 Å². The van der Waals surface area contributed by atoms with Crippen LogP contribution in [0.2, 0.25) is 0 Å². The molecule has 3 nitrogen and oxygen atoms in total. The second-order valence-electron chi connectivity index (χ2n) is 5.29. The maximum Gasteiger partial charge on any atom is 0.248 e. The number of amides is 1. The highest BCUT2D eigenvalue weighted by Gasteiger charge is 2.28. The Morgan fingerprint density at radius 2 is 1.90 bits per heavy atom. The highest BCUT2D eigenvalue weighted by molar-refractivity contribution is 6.04. The van der Waals surface area contributed by atoms with Gasteiger partial charge in [0, 0.05) is 5.69 Å². The zero-order valence-corrected chi connectivity index (χ0v) is 11.5. The van der Waals surface area contributed by atoms with E-state index < -0.39 is 6.04 Å². The van der Waals surface area contributed by atoms with Crippen LogP contribution in [0.5, 0.6) is 0 Å². The van der Waals surface area contributed by atoms with E-state index in [1.54, 1.807) is 4.90 Å². The van der Waals surface area contributed by atoms with E-state index in [-0.39, 0.29) is 5.91 Å². The summed E-state index contributed by atoms with van der Waals surface area (Å²) in [5.41, 5.74) is 10.2. The number of aryl methyl sites for hydroxylation is 2. The van der Waals surface area contributed by atoms with Crippen LogP contribution >= 0.6 is 0 Å². The molecule has 0 aromatic heterocycles. The maximum atomic E-state index is 12.6. The minimum atomic E-state index is -0.442. The molecule has 0 bridgehead atoms. The molecule has 0 saturated carbocycles.